The van der Waals surface area contributed by atoms with E-state index in [1.54, 1.807) is 0 Å². The Bertz CT molecular complexity index is 1440. The maximum Gasteiger partial charge on any atom is 0.356 e. The molecular weight excluding hydrogens is 576 g/mol. The van der Waals surface area contributed by atoms with Crippen molar-refractivity contribution in [1.82, 2.24) is 19.6 Å². The van der Waals surface area contributed by atoms with Gasteiger partial charge < -0.3 is 20.6 Å². The van der Waals surface area contributed by atoms with Gasteiger partial charge in [-0.1, -0.05) is 65.8 Å². The van der Waals surface area contributed by atoms with Crippen LogP contribution in [0.25, 0.3) is 0 Å². The first-order valence-corrected chi connectivity index (χ1v) is 14.3. The molecule has 11 nitrogen and oxygen atoms in total. The number of fused-ring (bicyclic) bond motifs is 1. The van der Waals surface area contributed by atoms with E-state index in [9.17, 15) is 14.4 Å². The average Bonchev–Trinajstić information content (AvgIpc) is 3.42. The van der Waals surface area contributed by atoms with Crippen molar-refractivity contribution in [1.29, 1.82) is 0 Å². The SMILES string of the molecule is CON=C(C(=O)NC1C(=O)N2C(C(=O)OC(c3ccccc3)c3ccccc3)=C(CCl)CS[C@@H]12)c1nsc(N)n1. The molecule has 2 atom stereocenters. The minimum absolute atomic E-state index is 0.0248. The lowest BCUT2D eigenvalue weighted by Gasteiger charge is -2.49. The molecule has 0 saturated carbocycles. The number of β-lactam (4-membered cyclic amide) rings is 1. The van der Waals surface area contributed by atoms with Gasteiger partial charge in [-0.25, -0.2) is 4.79 Å². The summed E-state index contributed by atoms with van der Waals surface area (Å²) in [7, 11) is 1.27. The summed E-state index contributed by atoms with van der Waals surface area (Å²) in [6.07, 6.45) is -0.704. The van der Waals surface area contributed by atoms with Crippen LogP contribution in [0, 0.1) is 0 Å². The number of nitrogen functional groups attached to an aromatic ring is 1. The number of alkyl halides is 1. The van der Waals surface area contributed by atoms with Crippen LogP contribution >= 0.6 is 34.9 Å². The first-order chi connectivity index (χ1) is 19.4. The number of ether oxygens (including phenoxy) is 1. The normalized spacial score (nSPS) is 18.7. The first kappa shape index (κ1) is 27.6. The van der Waals surface area contributed by atoms with Crippen LogP contribution in [0.3, 0.4) is 0 Å². The second-order valence-corrected chi connectivity index (χ2v) is 10.8. The van der Waals surface area contributed by atoms with E-state index >= 15 is 0 Å². The molecule has 0 aliphatic carbocycles. The molecule has 2 aliphatic rings. The van der Waals surface area contributed by atoms with Crippen molar-refractivity contribution in [2.24, 2.45) is 5.16 Å². The maximum absolute atomic E-state index is 13.7. The molecule has 3 heterocycles. The zero-order chi connectivity index (χ0) is 28.2. The smallest absolute Gasteiger partial charge is 0.356 e. The van der Waals surface area contributed by atoms with Gasteiger partial charge in [-0.15, -0.1) is 23.4 Å². The molecule has 0 spiro atoms. The molecule has 206 valence electrons. The van der Waals surface area contributed by atoms with Gasteiger partial charge in [0.2, 0.25) is 11.5 Å². The van der Waals surface area contributed by atoms with Gasteiger partial charge in [0.05, 0.1) is 0 Å². The zero-order valence-corrected chi connectivity index (χ0v) is 23.4. The Morgan fingerprint density at radius 1 is 1.18 bits per heavy atom. The quantitative estimate of drug-likeness (QED) is 0.125. The van der Waals surface area contributed by atoms with E-state index in [-0.39, 0.29) is 28.2 Å². The van der Waals surface area contributed by atoms with E-state index in [2.05, 4.69) is 19.8 Å². The molecule has 0 radical (unpaired) electrons. The van der Waals surface area contributed by atoms with Gasteiger partial charge in [0.15, 0.2) is 11.2 Å². The molecule has 3 aromatic rings. The van der Waals surface area contributed by atoms with E-state index in [0.29, 0.717) is 11.3 Å². The Kier molecular flexibility index (Phi) is 8.33. The molecule has 1 saturated heterocycles. The van der Waals surface area contributed by atoms with Crippen molar-refractivity contribution in [3.05, 3.63) is 88.9 Å². The van der Waals surface area contributed by atoms with Gasteiger partial charge in [0.25, 0.3) is 11.8 Å². The fourth-order valence-corrected chi connectivity index (χ4v) is 6.45. The lowest BCUT2D eigenvalue weighted by atomic mass is 10.0. The molecule has 1 aromatic heterocycles. The van der Waals surface area contributed by atoms with E-state index < -0.39 is 35.3 Å². The summed E-state index contributed by atoms with van der Waals surface area (Å²) < 4.78 is 10.0. The number of nitrogens with one attached hydrogen (secondary N) is 1. The second kappa shape index (κ2) is 12.1. The Labute approximate surface area is 242 Å². The highest BCUT2D eigenvalue weighted by molar-refractivity contribution is 8.00. The highest BCUT2D eigenvalue weighted by Crippen LogP contribution is 2.42. The van der Waals surface area contributed by atoms with E-state index in [0.717, 1.165) is 22.7 Å². The van der Waals surface area contributed by atoms with Crippen molar-refractivity contribution >= 4 is 63.5 Å². The first-order valence-electron chi connectivity index (χ1n) is 12.0. The largest absolute Gasteiger partial charge is 0.448 e. The number of nitrogens with two attached hydrogens (primary N) is 1. The molecule has 1 unspecified atom stereocenters. The van der Waals surface area contributed by atoms with Crippen molar-refractivity contribution in [3.8, 4) is 0 Å². The third-order valence-corrected chi connectivity index (χ3v) is 8.37. The average molecular weight is 599 g/mol. The fourth-order valence-electron chi connectivity index (χ4n) is 4.34. The molecular formula is C26H23ClN6O5S2. The number of thioether (sulfide) groups is 1. The van der Waals surface area contributed by atoms with Gasteiger partial charge in [-0.3, -0.25) is 14.5 Å². The standard InChI is InChI=1S/C26H23ClN6O5S2/c1-37-31-17(21-30-26(28)40-32-21)22(34)29-18-23(35)33-19(16(12-27)13-39-24(18)33)25(36)38-20(14-8-4-2-5-9-14)15-10-6-3-7-11-15/h2-11,18,20,24H,12-13H2,1H3,(H,29,34)(H2,28,30,32)/t18?,24-/m0/s1. The van der Waals surface area contributed by atoms with Gasteiger partial charge in [0, 0.05) is 23.2 Å². The summed E-state index contributed by atoms with van der Waals surface area (Å²) in [5.74, 6) is -1.50. The van der Waals surface area contributed by atoms with Gasteiger partial charge >= 0.3 is 5.97 Å². The molecule has 3 N–H and O–H groups in total. The monoisotopic (exact) mass is 598 g/mol. The number of esters is 1. The lowest BCUT2D eigenvalue weighted by molar-refractivity contribution is -0.154. The topological polar surface area (TPSA) is 149 Å². The number of oxime groups is 1. The van der Waals surface area contributed by atoms with E-state index in [1.807, 2.05) is 60.7 Å². The van der Waals surface area contributed by atoms with Crippen molar-refractivity contribution in [3.63, 3.8) is 0 Å². The number of carbonyl (C=O) groups excluding carboxylic acids is 3. The van der Waals surface area contributed by atoms with Crippen LogP contribution < -0.4 is 11.1 Å². The molecule has 2 amide bonds. The third-order valence-electron chi connectivity index (χ3n) is 6.17. The molecule has 14 heteroatoms. The van der Waals surface area contributed by atoms with Crippen LogP contribution in [0.1, 0.15) is 23.1 Å². The predicted octanol–water partition coefficient (Wildman–Crippen LogP) is 2.70. The Morgan fingerprint density at radius 2 is 1.82 bits per heavy atom. The maximum atomic E-state index is 13.7. The van der Waals surface area contributed by atoms with Gasteiger partial charge in [-0.2, -0.15) is 9.36 Å². The highest BCUT2D eigenvalue weighted by atomic mass is 35.5. The number of aromatic nitrogens is 2. The van der Waals surface area contributed by atoms with Crippen molar-refractivity contribution in [2.45, 2.75) is 17.5 Å². The Balaban J connectivity index is 1.37. The van der Waals surface area contributed by atoms with Crippen molar-refractivity contribution in [2.75, 3.05) is 24.5 Å². The van der Waals surface area contributed by atoms with Crippen molar-refractivity contribution < 1.29 is 24.0 Å². The predicted molar refractivity (Wildman–Crippen MR) is 151 cm³/mol. The number of anilines is 1. The number of hydrogen-bond acceptors (Lipinski definition) is 11. The molecule has 2 aromatic carbocycles. The number of rotatable bonds is 9. The molecule has 40 heavy (non-hydrogen) atoms. The minimum atomic E-state index is -0.936. The third kappa shape index (κ3) is 5.40. The molecule has 0 bridgehead atoms. The van der Waals surface area contributed by atoms with Crippen LogP contribution in [0.4, 0.5) is 5.13 Å². The van der Waals surface area contributed by atoms with Crippen LogP contribution in [0.15, 0.2) is 77.1 Å². The van der Waals surface area contributed by atoms with Crippen LogP contribution in [-0.2, 0) is 24.0 Å². The fraction of sp³-hybridized carbons (Fsp3) is 0.231. The minimum Gasteiger partial charge on any atom is -0.448 e. The number of amides is 2. The number of hydrogen-bond donors (Lipinski definition) is 2. The summed E-state index contributed by atoms with van der Waals surface area (Å²) in [5, 5.41) is 5.95. The molecule has 2 aliphatic heterocycles. The zero-order valence-electron chi connectivity index (χ0n) is 21.0. The molecule has 5 rings (SSSR count). The summed E-state index contributed by atoms with van der Waals surface area (Å²) in [6, 6.07) is 17.7. The van der Waals surface area contributed by atoms with Crippen LogP contribution in [0.2, 0.25) is 0 Å². The van der Waals surface area contributed by atoms with E-state index in [1.165, 1.54) is 23.8 Å². The number of halogens is 1. The highest BCUT2D eigenvalue weighted by Gasteiger charge is 2.55. The Morgan fingerprint density at radius 3 is 2.38 bits per heavy atom. The summed E-state index contributed by atoms with van der Waals surface area (Å²) >= 11 is 8.47. The van der Waals surface area contributed by atoms with E-state index in [4.69, 9.17) is 26.9 Å². The van der Waals surface area contributed by atoms with Gasteiger partial charge in [0.1, 0.15) is 24.2 Å². The summed E-state index contributed by atoms with van der Waals surface area (Å²) in [6.45, 7) is 0. The van der Waals surface area contributed by atoms with Gasteiger partial charge in [-0.05, 0) is 16.7 Å². The second-order valence-electron chi connectivity index (χ2n) is 8.63. The summed E-state index contributed by atoms with van der Waals surface area (Å²) in [5.41, 5.74) is 7.61. The number of benzene rings is 2. The number of carbonyl (C=O) groups is 3. The number of nitrogens with zero attached hydrogens (tertiary/aromatic N) is 4. The van der Waals surface area contributed by atoms with Crippen LogP contribution in [-0.4, -0.2) is 67.9 Å². The lowest BCUT2D eigenvalue weighted by Crippen LogP contribution is -2.71. The summed E-state index contributed by atoms with van der Waals surface area (Å²) in [4.78, 5) is 50.1. The Hall–Kier alpha value is -3.94. The molecule has 1 fully saturated rings. The van der Waals surface area contributed by atoms with Crippen LogP contribution in [0.5, 0.6) is 0 Å².